The molecule has 0 aromatic heterocycles. The fraction of sp³-hybridized carbons (Fsp3) is 0.667. The van der Waals surface area contributed by atoms with Crippen LogP contribution in [-0.2, 0) is 0 Å². The molecule has 1 fully saturated rings. The Hall–Kier alpha value is -0.760. The molecule has 1 N–H and O–H groups in total. The van der Waals surface area contributed by atoms with E-state index in [9.17, 15) is 0 Å². The van der Waals surface area contributed by atoms with Gasteiger partial charge >= 0.3 is 0 Å². The van der Waals surface area contributed by atoms with Crippen molar-refractivity contribution in [2.45, 2.75) is 19.3 Å². The van der Waals surface area contributed by atoms with Crippen molar-refractivity contribution in [2.24, 2.45) is 5.92 Å². The largest absolute Gasteiger partial charge is 0.374 e. The third-order valence-electron chi connectivity index (χ3n) is 3.17. The highest BCUT2D eigenvalue weighted by Gasteiger charge is 2.13. The van der Waals surface area contributed by atoms with E-state index in [4.69, 9.17) is 0 Å². The first-order chi connectivity index (χ1) is 6.95. The van der Waals surface area contributed by atoms with Gasteiger partial charge in [0.1, 0.15) is 0 Å². The lowest BCUT2D eigenvalue weighted by molar-refractivity contribution is 0.302. The summed E-state index contributed by atoms with van der Waals surface area (Å²) >= 11 is 0. The normalized spacial score (nSPS) is 23.0. The molecule has 2 aliphatic heterocycles. The maximum atomic E-state index is 3.41. The molecule has 2 rings (SSSR count). The van der Waals surface area contributed by atoms with E-state index >= 15 is 0 Å². The monoisotopic (exact) mass is 192 g/mol. The summed E-state index contributed by atoms with van der Waals surface area (Å²) in [4.78, 5) is 2.40. The number of nitrogens with one attached hydrogen (secondary N) is 1. The minimum atomic E-state index is 0.954. The van der Waals surface area contributed by atoms with Crippen molar-refractivity contribution >= 4 is 0 Å². The summed E-state index contributed by atoms with van der Waals surface area (Å²) in [6.07, 6.45) is 12.8. The van der Waals surface area contributed by atoms with Crippen molar-refractivity contribution in [3.8, 4) is 0 Å². The van der Waals surface area contributed by atoms with Gasteiger partial charge in [-0.15, -0.1) is 0 Å². The zero-order valence-electron chi connectivity index (χ0n) is 8.78. The summed E-state index contributed by atoms with van der Waals surface area (Å²) in [7, 11) is 0. The van der Waals surface area contributed by atoms with Crippen molar-refractivity contribution < 1.29 is 0 Å². The minimum Gasteiger partial charge on any atom is -0.374 e. The zero-order valence-corrected chi connectivity index (χ0v) is 8.78. The van der Waals surface area contributed by atoms with E-state index in [0.29, 0.717) is 0 Å². The van der Waals surface area contributed by atoms with Crippen molar-refractivity contribution in [1.82, 2.24) is 10.2 Å². The van der Waals surface area contributed by atoms with Gasteiger partial charge in [0.25, 0.3) is 0 Å². The van der Waals surface area contributed by atoms with Crippen LogP contribution in [0.4, 0.5) is 0 Å². The summed E-state index contributed by atoms with van der Waals surface area (Å²) < 4.78 is 0. The van der Waals surface area contributed by atoms with Crippen LogP contribution in [0.5, 0.6) is 0 Å². The molecule has 2 heteroatoms. The van der Waals surface area contributed by atoms with Crippen LogP contribution >= 0.6 is 0 Å². The molecule has 1 saturated heterocycles. The van der Waals surface area contributed by atoms with Gasteiger partial charge in [0.15, 0.2) is 0 Å². The minimum absolute atomic E-state index is 0.954. The van der Waals surface area contributed by atoms with E-state index in [1.807, 2.05) is 0 Å². The maximum Gasteiger partial charge on any atom is 0.0357 e. The Labute approximate surface area is 86.7 Å². The van der Waals surface area contributed by atoms with Crippen molar-refractivity contribution in [3.63, 3.8) is 0 Å². The third-order valence-corrected chi connectivity index (χ3v) is 3.17. The van der Waals surface area contributed by atoms with Crippen LogP contribution in [0.25, 0.3) is 0 Å². The van der Waals surface area contributed by atoms with Crippen LogP contribution in [0.2, 0.25) is 0 Å². The van der Waals surface area contributed by atoms with Gasteiger partial charge in [0, 0.05) is 13.1 Å². The standard InChI is InChI=1S/C12H20N2/c1-2-9-14(10-3-1)11-6-12-4-7-13-8-5-12/h1-3,9,12-13H,4-8,10-11H2. The molecule has 0 saturated carbocycles. The molecule has 0 unspecified atom stereocenters. The second kappa shape index (κ2) is 5.20. The molecule has 0 aromatic carbocycles. The highest BCUT2D eigenvalue weighted by atomic mass is 15.1. The summed E-state index contributed by atoms with van der Waals surface area (Å²) in [6.45, 7) is 4.77. The lowest BCUT2D eigenvalue weighted by atomic mass is 9.94. The van der Waals surface area contributed by atoms with Gasteiger partial charge in [-0.1, -0.05) is 12.2 Å². The fourth-order valence-corrected chi connectivity index (χ4v) is 2.19. The van der Waals surface area contributed by atoms with Crippen LogP contribution in [0, 0.1) is 5.92 Å². The third kappa shape index (κ3) is 2.88. The molecule has 2 aliphatic rings. The van der Waals surface area contributed by atoms with Crippen molar-refractivity contribution in [2.75, 3.05) is 26.2 Å². The molecule has 0 amide bonds. The number of hydrogen-bond acceptors (Lipinski definition) is 2. The smallest absolute Gasteiger partial charge is 0.0357 e. The van der Waals surface area contributed by atoms with Gasteiger partial charge in [0.2, 0.25) is 0 Å². The highest BCUT2D eigenvalue weighted by Crippen LogP contribution is 2.16. The van der Waals surface area contributed by atoms with E-state index in [1.54, 1.807) is 0 Å². The quantitative estimate of drug-likeness (QED) is 0.733. The second-order valence-electron chi connectivity index (χ2n) is 4.25. The van der Waals surface area contributed by atoms with Gasteiger partial charge < -0.3 is 10.2 Å². The Balaban J connectivity index is 1.66. The van der Waals surface area contributed by atoms with E-state index in [2.05, 4.69) is 34.6 Å². The van der Waals surface area contributed by atoms with E-state index < -0.39 is 0 Å². The molecule has 0 radical (unpaired) electrons. The van der Waals surface area contributed by atoms with E-state index in [-0.39, 0.29) is 0 Å². The highest BCUT2D eigenvalue weighted by molar-refractivity contribution is 5.08. The van der Waals surface area contributed by atoms with Crippen LogP contribution in [-0.4, -0.2) is 31.1 Å². The van der Waals surface area contributed by atoms with Crippen LogP contribution in [0.1, 0.15) is 19.3 Å². The van der Waals surface area contributed by atoms with Crippen molar-refractivity contribution in [1.29, 1.82) is 0 Å². The summed E-state index contributed by atoms with van der Waals surface area (Å²) in [6, 6.07) is 0. The number of nitrogens with zero attached hydrogens (tertiary/aromatic N) is 1. The van der Waals surface area contributed by atoms with Crippen LogP contribution in [0.3, 0.4) is 0 Å². The van der Waals surface area contributed by atoms with E-state index in [0.717, 1.165) is 12.5 Å². The molecule has 14 heavy (non-hydrogen) atoms. The molecule has 2 heterocycles. The summed E-state index contributed by atoms with van der Waals surface area (Å²) in [5.41, 5.74) is 0. The molecule has 0 aliphatic carbocycles. The Morgan fingerprint density at radius 1 is 1.21 bits per heavy atom. The molecule has 78 valence electrons. The first-order valence-electron chi connectivity index (χ1n) is 5.73. The topological polar surface area (TPSA) is 15.3 Å². The molecular weight excluding hydrogens is 172 g/mol. The fourth-order valence-electron chi connectivity index (χ4n) is 2.19. The SMILES string of the molecule is C1=CCN(CCC2CCNCC2)C=C1. The Kier molecular flexibility index (Phi) is 3.64. The van der Waals surface area contributed by atoms with Crippen LogP contribution in [0.15, 0.2) is 24.4 Å². The molecule has 0 spiro atoms. The second-order valence-corrected chi connectivity index (χ2v) is 4.25. The van der Waals surface area contributed by atoms with Gasteiger partial charge in [-0.2, -0.15) is 0 Å². The molecule has 0 aromatic rings. The maximum absolute atomic E-state index is 3.41. The summed E-state index contributed by atoms with van der Waals surface area (Å²) in [5, 5.41) is 3.41. The number of piperidine rings is 1. The number of allylic oxidation sites excluding steroid dienone is 2. The number of rotatable bonds is 3. The van der Waals surface area contributed by atoms with Crippen LogP contribution < -0.4 is 5.32 Å². The molecule has 2 nitrogen and oxygen atoms in total. The van der Waals surface area contributed by atoms with Gasteiger partial charge in [0.05, 0.1) is 0 Å². The summed E-state index contributed by atoms with van der Waals surface area (Å²) in [5.74, 6) is 0.954. The van der Waals surface area contributed by atoms with Crippen molar-refractivity contribution in [3.05, 3.63) is 24.4 Å². The average Bonchev–Trinajstić information content (AvgIpc) is 2.29. The van der Waals surface area contributed by atoms with Gasteiger partial charge in [-0.25, -0.2) is 0 Å². The predicted molar refractivity (Wildman–Crippen MR) is 60.1 cm³/mol. The first-order valence-corrected chi connectivity index (χ1v) is 5.73. The molecular formula is C12H20N2. The lowest BCUT2D eigenvalue weighted by Gasteiger charge is -2.26. The Bertz CT molecular complexity index is 214. The molecule has 0 bridgehead atoms. The Morgan fingerprint density at radius 2 is 2.07 bits per heavy atom. The van der Waals surface area contributed by atoms with Gasteiger partial charge in [-0.05, 0) is 50.5 Å². The molecule has 0 atom stereocenters. The first kappa shape index (κ1) is 9.78. The number of hydrogen-bond donors (Lipinski definition) is 1. The lowest BCUT2D eigenvalue weighted by Crippen LogP contribution is -2.30. The zero-order chi connectivity index (χ0) is 9.64. The van der Waals surface area contributed by atoms with Gasteiger partial charge in [-0.3, -0.25) is 0 Å². The predicted octanol–water partition coefficient (Wildman–Crippen LogP) is 1.76. The Morgan fingerprint density at radius 3 is 2.79 bits per heavy atom. The van der Waals surface area contributed by atoms with E-state index in [1.165, 1.54) is 38.9 Å². The average molecular weight is 192 g/mol.